The van der Waals surface area contributed by atoms with Gasteiger partial charge < -0.3 is 37.6 Å². The smallest absolute Gasteiger partial charge is 0.253 e. The average Bonchev–Trinajstić information content (AvgIpc) is 3.33. The molecule has 45 heavy (non-hydrogen) atoms. The largest absolute Gasteiger partial charge is 0.369 e. The number of nitrogens with two attached hydrogens (primary N) is 1. The number of primary amides is 1. The van der Waals surface area contributed by atoms with Crippen molar-refractivity contribution in [3.8, 4) is 0 Å². The predicted molar refractivity (Wildman–Crippen MR) is 161 cm³/mol. The van der Waals surface area contributed by atoms with Crippen molar-refractivity contribution in [2.45, 2.75) is 38.1 Å². The lowest BCUT2D eigenvalue weighted by Crippen LogP contribution is -2.52. The second kappa shape index (κ2) is 20.0. The summed E-state index contributed by atoms with van der Waals surface area (Å²) in [4.78, 5) is 96.5. The first-order valence-electron chi connectivity index (χ1n) is 14.5. The van der Waals surface area contributed by atoms with E-state index in [-0.39, 0.29) is 63.3 Å². The Bertz CT molecular complexity index is 1240. The number of nitrogens with one attached hydrogen (secondary N) is 6. The van der Waals surface area contributed by atoms with Gasteiger partial charge in [0.1, 0.15) is 6.04 Å². The minimum atomic E-state index is -1.04. The Kier molecular flexibility index (Phi) is 16.0. The molecule has 8 N–H and O–H groups in total. The number of carbonyl (C=O) groups is 8. The van der Waals surface area contributed by atoms with Gasteiger partial charge in [-0.25, -0.2) is 0 Å². The van der Waals surface area contributed by atoms with Gasteiger partial charge in [-0.2, -0.15) is 0 Å². The van der Waals surface area contributed by atoms with Crippen LogP contribution in [0.5, 0.6) is 0 Å². The maximum atomic E-state index is 12.8. The molecular weight excluding hydrogens is 588 g/mol. The first kappa shape index (κ1) is 36.1. The van der Waals surface area contributed by atoms with Gasteiger partial charge in [-0.15, -0.1) is 0 Å². The summed E-state index contributed by atoms with van der Waals surface area (Å²) < 4.78 is 0. The van der Waals surface area contributed by atoms with Gasteiger partial charge >= 0.3 is 0 Å². The fourth-order valence-electron chi connectivity index (χ4n) is 4.05. The molecule has 8 amide bonds. The summed E-state index contributed by atoms with van der Waals surface area (Å²) in [5.41, 5.74) is 5.77. The van der Waals surface area contributed by atoms with E-state index in [2.05, 4.69) is 31.9 Å². The van der Waals surface area contributed by atoms with E-state index < -0.39 is 42.1 Å². The molecule has 0 bridgehead atoms. The Morgan fingerprint density at radius 1 is 0.689 bits per heavy atom. The van der Waals surface area contributed by atoms with Crippen molar-refractivity contribution in [3.05, 3.63) is 48.0 Å². The van der Waals surface area contributed by atoms with Gasteiger partial charge in [0.05, 0.1) is 26.2 Å². The molecule has 1 aromatic rings. The maximum absolute atomic E-state index is 12.8. The Morgan fingerprint density at radius 3 is 2.00 bits per heavy atom. The number of hydrogen-bond donors (Lipinski definition) is 7. The lowest BCUT2D eigenvalue weighted by Gasteiger charge is -2.19. The average molecular weight is 629 g/mol. The van der Waals surface area contributed by atoms with Gasteiger partial charge in [-0.1, -0.05) is 36.8 Å². The van der Waals surface area contributed by atoms with Gasteiger partial charge in [0.15, 0.2) is 0 Å². The van der Waals surface area contributed by atoms with Crippen LogP contribution in [-0.2, 0) is 44.8 Å². The Morgan fingerprint density at radius 2 is 1.31 bits per heavy atom. The molecule has 1 aromatic carbocycles. The van der Waals surface area contributed by atoms with E-state index in [9.17, 15) is 38.4 Å². The normalized spacial score (nSPS) is 12.8. The van der Waals surface area contributed by atoms with Crippen LogP contribution >= 0.6 is 0 Å². The molecule has 0 spiro atoms. The first-order chi connectivity index (χ1) is 21.5. The third-order valence-electron chi connectivity index (χ3n) is 6.36. The van der Waals surface area contributed by atoms with Crippen molar-refractivity contribution < 1.29 is 38.4 Å². The van der Waals surface area contributed by atoms with Crippen LogP contribution in [0, 0.1) is 0 Å². The minimum Gasteiger partial charge on any atom is -0.369 e. The van der Waals surface area contributed by atoms with E-state index in [1.165, 1.54) is 12.2 Å². The molecule has 1 aliphatic heterocycles. The highest BCUT2D eigenvalue weighted by Crippen LogP contribution is 2.08. The molecule has 0 fully saturated rings. The predicted octanol–water partition coefficient (Wildman–Crippen LogP) is -3.26. The fraction of sp³-hybridized carbons (Fsp3) is 0.448. The molecule has 1 heterocycles. The lowest BCUT2D eigenvalue weighted by atomic mass is 10.1. The van der Waals surface area contributed by atoms with Gasteiger partial charge in [-0.3, -0.25) is 43.3 Å². The molecule has 0 aromatic heterocycles. The van der Waals surface area contributed by atoms with Gasteiger partial charge in [0.25, 0.3) is 11.8 Å². The standard InChI is InChI=1S/C29H40N8O8/c30-22(38)16-31-12-13-32-24(40)18-35-29(45)21(15-20-7-3-1-4-8-20)36-26(42)19-34-25(41)17-33-23(39)9-5-2-6-14-37-27(43)10-11-28(37)44/h1,3-4,7-8,10-11,21,31H,2,5-6,9,12-19H2,(H2,30,38)(H,32,40)(H,33,39)(H,34,41)(H,35,45)(H,36,42)/t21-/m0/s1. The highest BCUT2D eigenvalue weighted by molar-refractivity contribution is 6.12. The van der Waals surface area contributed by atoms with E-state index in [1.807, 2.05) is 0 Å². The molecule has 0 saturated carbocycles. The molecule has 16 nitrogen and oxygen atoms in total. The number of benzene rings is 1. The zero-order valence-corrected chi connectivity index (χ0v) is 24.9. The summed E-state index contributed by atoms with van der Waals surface area (Å²) in [6, 6.07) is 7.85. The molecule has 0 saturated heterocycles. The van der Waals surface area contributed by atoms with E-state index >= 15 is 0 Å². The number of carbonyl (C=O) groups excluding carboxylic acids is 8. The number of nitrogens with zero attached hydrogens (tertiary/aromatic N) is 1. The SMILES string of the molecule is NC(=O)CNCCNC(=O)CNC(=O)[C@H](Cc1ccccc1)NC(=O)CNC(=O)CNC(=O)CCCCCN1C(=O)C=CC1=O. The van der Waals surface area contributed by atoms with Gasteiger partial charge in [0, 0.05) is 44.6 Å². The van der Waals surface area contributed by atoms with Crippen LogP contribution in [0.25, 0.3) is 0 Å². The number of hydrogen-bond acceptors (Lipinski definition) is 9. The molecule has 0 aliphatic carbocycles. The van der Waals surface area contributed by atoms with Gasteiger partial charge in [-0.05, 0) is 18.4 Å². The quantitative estimate of drug-likeness (QED) is 0.0533. The van der Waals surface area contributed by atoms with Gasteiger partial charge in [0.2, 0.25) is 35.4 Å². The monoisotopic (exact) mass is 628 g/mol. The molecule has 0 radical (unpaired) electrons. The van der Waals surface area contributed by atoms with Crippen molar-refractivity contribution in [3.63, 3.8) is 0 Å². The second-order valence-corrected chi connectivity index (χ2v) is 10.0. The van der Waals surface area contributed by atoms with Crippen molar-refractivity contribution in [2.75, 3.05) is 45.8 Å². The van der Waals surface area contributed by atoms with Crippen LogP contribution in [0.3, 0.4) is 0 Å². The van der Waals surface area contributed by atoms with E-state index in [0.29, 0.717) is 25.8 Å². The second-order valence-electron chi connectivity index (χ2n) is 10.0. The van der Waals surface area contributed by atoms with Crippen LogP contribution in [0.15, 0.2) is 42.5 Å². The van der Waals surface area contributed by atoms with Crippen LogP contribution in [0.4, 0.5) is 0 Å². The number of amides is 8. The first-order valence-corrected chi connectivity index (χ1v) is 14.5. The molecule has 1 aliphatic rings. The lowest BCUT2D eigenvalue weighted by molar-refractivity contribution is -0.137. The summed E-state index contributed by atoms with van der Waals surface area (Å²) in [5.74, 6) is -3.94. The van der Waals surface area contributed by atoms with Crippen molar-refractivity contribution in [2.24, 2.45) is 5.73 Å². The Labute approximate surface area is 260 Å². The molecule has 0 unspecified atom stereocenters. The van der Waals surface area contributed by atoms with Crippen LogP contribution < -0.4 is 37.6 Å². The van der Waals surface area contributed by atoms with E-state index in [1.54, 1.807) is 30.3 Å². The molecule has 1 atom stereocenters. The highest BCUT2D eigenvalue weighted by atomic mass is 16.2. The Balaban J connectivity index is 1.69. The topological polar surface area (TPSA) is 238 Å². The minimum absolute atomic E-state index is 0.0305. The fourth-order valence-corrected chi connectivity index (χ4v) is 4.05. The number of rotatable bonds is 21. The number of imide groups is 1. The third-order valence-corrected chi connectivity index (χ3v) is 6.36. The Hall–Kier alpha value is -5.12. The summed E-state index contributed by atoms with van der Waals surface area (Å²) >= 11 is 0. The zero-order chi connectivity index (χ0) is 33.0. The summed E-state index contributed by atoms with van der Waals surface area (Å²) in [6.45, 7) is -0.395. The van der Waals surface area contributed by atoms with Crippen LogP contribution in [0.1, 0.15) is 31.2 Å². The molecule has 16 heteroatoms. The summed E-state index contributed by atoms with van der Waals surface area (Å²) in [5, 5.41) is 15.2. The van der Waals surface area contributed by atoms with Crippen molar-refractivity contribution in [1.29, 1.82) is 0 Å². The van der Waals surface area contributed by atoms with E-state index in [4.69, 9.17) is 5.73 Å². The molecular formula is C29H40N8O8. The zero-order valence-electron chi connectivity index (χ0n) is 24.9. The van der Waals surface area contributed by atoms with Crippen molar-refractivity contribution >= 4 is 47.3 Å². The third kappa shape index (κ3) is 15.3. The summed E-state index contributed by atoms with van der Waals surface area (Å²) in [7, 11) is 0. The van der Waals surface area contributed by atoms with Crippen molar-refractivity contribution in [1.82, 2.24) is 36.8 Å². The molecule has 244 valence electrons. The summed E-state index contributed by atoms with van der Waals surface area (Å²) in [6.07, 6.45) is 4.36. The highest BCUT2D eigenvalue weighted by Gasteiger charge is 2.23. The van der Waals surface area contributed by atoms with Crippen LogP contribution in [0.2, 0.25) is 0 Å². The van der Waals surface area contributed by atoms with Crippen LogP contribution in [-0.4, -0.2) is 104 Å². The maximum Gasteiger partial charge on any atom is 0.253 e. The van der Waals surface area contributed by atoms with E-state index in [0.717, 1.165) is 10.5 Å². The molecule has 2 rings (SSSR count). The number of unbranched alkanes of at least 4 members (excludes halogenated alkanes) is 2.